The van der Waals surface area contributed by atoms with E-state index in [0.717, 1.165) is 11.8 Å². The van der Waals surface area contributed by atoms with Crippen LogP contribution in [0.1, 0.15) is 12.7 Å². The van der Waals surface area contributed by atoms with Gasteiger partial charge >= 0.3 is 5.97 Å². The lowest BCUT2D eigenvalue weighted by atomic mass is 10.3. The van der Waals surface area contributed by atoms with E-state index < -0.39 is 17.9 Å². The molecule has 110 valence electrons. The summed E-state index contributed by atoms with van der Waals surface area (Å²) < 4.78 is 4.78. The third-order valence-electron chi connectivity index (χ3n) is 2.11. The SMILES string of the molecule is Cc1cc(NC(=O)CSCC(=O)N[C@H](C)C(=O)O)no1. The molecule has 1 atom stereocenters. The first-order valence-electron chi connectivity index (χ1n) is 5.71. The van der Waals surface area contributed by atoms with Crippen LogP contribution in [-0.4, -0.2) is 45.6 Å². The third-order valence-corrected chi connectivity index (χ3v) is 3.04. The molecule has 0 bridgehead atoms. The fourth-order valence-electron chi connectivity index (χ4n) is 1.19. The van der Waals surface area contributed by atoms with Crippen LogP contribution in [0.25, 0.3) is 0 Å². The molecule has 1 heterocycles. The fraction of sp³-hybridized carbons (Fsp3) is 0.455. The zero-order valence-electron chi connectivity index (χ0n) is 11.0. The molecule has 3 N–H and O–H groups in total. The van der Waals surface area contributed by atoms with Crippen LogP contribution in [0.3, 0.4) is 0 Å². The quantitative estimate of drug-likeness (QED) is 0.659. The van der Waals surface area contributed by atoms with Gasteiger partial charge in [0.05, 0.1) is 11.5 Å². The number of aryl methyl sites for hydroxylation is 1. The molecule has 0 aliphatic rings. The highest BCUT2D eigenvalue weighted by Crippen LogP contribution is 2.08. The van der Waals surface area contributed by atoms with Crippen molar-refractivity contribution in [1.82, 2.24) is 10.5 Å². The summed E-state index contributed by atoms with van der Waals surface area (Å²) in [6.45, 7) is 3.07. The molecule has 9 heteroatoms. The number of carboxylic acid groups (broad SMARTS) is 1. The topological polar surface area (TPSA) is 122 Å². The highest BCUT2D eigenvalue weighted by Gasteiger charge is 2.14. The second-order valence-electron chi connectivity index (χ2n) is 3.99. The molecule has 0 aliphatic carbocycles. The van der Waals surface area contributed by atoms with E-state index in [9.17, 15) is 14.4 Å². The standard InChI is InChI=1S/C11H15N3O5S/c1-6-3-8(14-19-6)13-10(16)5-20-4-9(15)12-7(2)11(17)18/h3,7H,4-5H2,1-2H3,(H,12,15)(H,17,18)(H,13,14,16)/t7-/m1/s1. The number of anilines is 1. The Bertz CT molecular complexity index is 502. The second-order valence-corrected chi connectivity index (χ2v) is 4.98. The van der Waals surface area contributed by atoms with E-state index in [1.807, 2.05) is 0 Å². The minimum absolute atomic E-state index is 0.00286. The summed E-state index contributed by atoms with van der Waals surface area (Å²) in [5.74, 6) is -0.907. The van der Waals surface area contributed by atoms with Crippen LogP contribution in [0.5, 0.6) is 0 Å². The van der Waals surface area contributed by atoms with Gasteiger partial charge in [0.25, 0.3) is 0 Å². The van der Waals surface area contributed by atoms with Gasteiger partial charge < -0.3 is 20.3 Å². The minimum Gasteiger partial charge on any atom is -0.480 e. The molecule has 0 aromatic carbocycles. The number of hydrogen-bond donors (Lipinski definition) is 3. The first kappa shape index (κ1) is 16.0. The normalized spacial score (nSPS) is 11.7. The van der Waals surface area contributed by atoms with E-state index >= 15 is 0 Å². The van der Waals surface area contributed by atoms with Crippen LogP contribution in [0.2, 0.25) is 0 Å². The van der Waals surface area contributed by atoms with Gasteiger partial charge in [0, 0.05) is 6.07 Å². The van der Waals surface area contributed by atoms with Crippen LogP contribution in [0.15, 0.2) is 10.6 Å². The Kier molecular flexibility index (Phi) is 6.04. The number of aliphatic carboxylic acids is 1. The van der Waals surface area contributed by atoms with Crippen molar-refractivity contribution in [3.05, 3.63) is 11.8 Å². The first-order chi connectivity index (χ1) is 9.38. The number of aromatic nitrogens is 1. The van der Waals surface area contributed by atoms with Gasteiger partial charge in [-0.2, -0.15) is 0 Å². The van der Waals surface area contributed by atoms with Crippen LogP contribution < -0.4 is 10.6 Å². The Morgan fingerprint density at radius 2 is 2.05 bits per heavy atom. The summed E-state index contributed by atoms with van der Waals surface area (Å²) in [6.07, 6.45) is 0. The Morgan fingerprint density at radius 1 is 1.40 bits per heavy atom. The number of nitrogens with one attached hydrogen (secondary N) is 2. The molecule has 0 unspecified atom stereocenters. The predicted octanol–water partition coefficient (Wildman–Crippen LogP) is 0.244. The first-order valence-corrected chi connectivity index (χ1v) is 6.87. The average Bonchev–Trinajstić information content (AvgIpc) is 2.74. The fourth-order valence-corrected chi connectivity index (χ4v) is 1.81. The number of hydrogen-bond acceptors (Lipinski definition) is 6. The van der Waals surface area contributed by atoms with Crippen molar-refractivity contribution in [3.8, 4) is 0 Å². The summed E-state index contributed by atoms with van der Waals surface area (Å²) in [6, 6.07) is 0.624. The Morgan fingerprint density at radius 3 is 2.60 bits per heavy atom. The maximum absolute atomic E-state index is 11.5. The van der Waals surface area contributed by atoms with E-state index in [4.69, 9.17) is 9.63 Å². The van der Waals surface area contributed by atoms with Gasteiger partial charge in [-0.1, -0.05) is 5.16 Å². The van der Waals surface area contributed by atoms with E-state index in [2.05, 4.69) is 15.8 Å². The largest absolute Gasteiger partial charge is 0.480 e. The maximum atomic E-state index is 11.5. The summed E-state index contributed by atoms with van der Waals surface area (Å²) in [5.41, 5.74) is 0. The molecule has 1 aromatic rings. The van der Waals surface area contributed by atoms with Crippen molar-refractivity contribution in [1.29, 1.82) is 0 Å². The molecule has 8 nitrogen and oxygen atoms in total. The molecular formula is C11H15N3O5S. The van der Waals surface area contributed by atoms with Crippen molar-refractivity contribution in [2.75, 3.05) is 16.8 Å². The number of thioether (sulfide) groups is 1. The lowest BCUT2D eigenvalue weighted by molar-refractivity contribution is -0.140. The monoisotopic (exact) mass is 301 g/mol. The Balaban J connectivity index is 2.21. The minimum atomic E-state index is -1.11. The number of carboxylic acids is 1. The number of amides is 2. The van der Waals surface area contributed by atoms with E-state index in [1.54, 1.807) is 13.0 Å². The van der Waals surface area contributed by atoms with Crippen molar-refractivity contribution in [2.45, 2.75) is 19.9 Å². The smallest absolute Gasteiger partial charge is 0.325 e. The number of nitrogens with zero attached hydrogens (tertiary/aromatic N) is 1. The number of rotatable bonds is 7. The molecular weight excluding hydrogens is 286 g/mol. The van der Waals surface area contributed by atoms with Gasteiger partial charge in [0.15, 0.2) is 5.82 Å². The summed E-state index contributed by atoms with van der Waals surface area (Å²) in [5, 5.41) is 17.0. The molecule has 0 fully saturated rings. The molecule has 0 aliphatic heterocycles. The van der Waals surface area contributed by atoms with Crippen molar-refractivity contribution in [3.63, 3.8) is 0 Å². The van der Waals surface area contributed by atoms with Crippen LogP contribution in [0, 0.1) is 6.92 Å². The zero-order valence-corrected chi connectivity index (χ0v) is 11.8. The highest BCUT2D eigenvalue weighted by molar-refractivity contribution is 8.00. The number of carbonyl (C=O) groups is 3. The third kappa shape index (κ3) is 5.74. The zero-order chi connectivity index (χ0) is 15.1. The van der Waals surface area contributed by atoms with Gasteiger partial charge in [0.1, 0.15) is 11.8 Å². The van der Waals surface area contributed by atoms with Crippen molar-refractivity contribution < 1.29 is 24.0 Å². The molecule has 2 amide bonds. The summed E-state index contributed by atoms with van der Waals surface area (Å²) in [4.78, 5) is 33.4. The van der Waals surface area contributed by atoms with E-state index in [0.29, 0.717) is 11.6 Å². The average molecular weight is 301 g/mol. The van der Waals surface area contributed by atoms with Gasteiger partial charge in [-0.3, -0.25) is 14.4 Å². The van der Waals surface area contributed by atoms with Gasteiger partial charge in [-0.15, -0.1) is 11.8 Å². The lowest BCUT2D eigenvalue weighted by Gasteiger charge is -2.08. The summed E-state index contributed by atoms with van der Waals surface area (Å²) in [7, 11) is 0. The lowest BCUT2D eigenvalue weighted by Crippen LogP contribution is -2.39. The van der Waals surface area contributed by atoms with Crippen LogP contribution in [0.4, 0.5) is 5.82 Å². The van der Waals surface area contributed by atoms with E-state index in [-0.39, 0.29) is 17.4 Å². The van der Waals surface area contributed by atoms with Crippen LogP contribution in [-0.2, 0) is 14.4 Å². The second kappa shape index (κ2) is 7.53. The van der Waals surface area contributed by atoms with E-state index in [1.165, 1.54) is 6.92 Å². The Labute approximate surface area is 119 Å². The van der Waals surface area contributed by atoms with Crippen molar-refractivity contribution >= 4 is 35.4 Å². The molecule has 0 saturated carbocycles. The molecule has 0 radical (unpaired) electrons. The molecule has 1 rings (SSSR count). The van der Waals surface area contributed by atoms with Gasteiger partial charge in [0.2, 0.25) is 11.8 Å². The van der Waals surface area contributed by atoms with Gasteiger partial charge in [-0.05, 0) is 13.8 Å². The molecule has 0 spiro atoms. The highest BCUT2D eigenvalue weighted by atomic mass is 32.2. The molecule has 20 heavy (non-hydrogen) atoms. The molecule has 1 aromatic heterocycles. The summed E-state index contributed by atoms with van der Waals surface area (Å²) >= 11 is 1.07. The molecule has 0 saturated heterocycles. The maximum Gasteiger partial charge on any atom is 0.325 e. The Hall–Kier alpha value is -2.03. The van der Waals surface area contributed by atoms with Crippen LogP contribution >= 0.6 is 11.8 Å². The predicted molar refractivity (Wildman–Crippen MR) is 72.4 cm³/mol. The number of carbonyl (C=O) groups excluding carboxylic acids is 2. The van der Waals surface area contributed by atoms with Gasteiger partial charge in [-0.25, -0.2) is 0 Å². The van der Waals surface area contributed by atoms with Crippen molar-refractivity contribution in [2.24, 2.45) is 0 Å².